The summed E-state index contributed by atoms with van der Waals surface area (Å²) in [6, 6.07) is 16.4. The van der Waals surface area contributed by atoms with E-state index in [2.05, 4.69) is 10.6 Å². The van der Waals surface area contributed by atoms with E-state index < -0.39 is 0 Å². The monoisotopic (exact) mass is 436 g/mol. The predicted octanol–water partition coefficient (Wildman–Crippen LogP) is 4.16. The lowest BCUT2D eigenvalue weighted by molar-refractivity contribution is -0.117. The van der Waals surface area contributed by atoms with Crippen LogP contribution in [0.3, 0.4) is 0 Å². The van der Waals surface area contributed by atoms with Crippen LogP contribution in [-0.2, 0) is 11.3 Å². The molecule has 0 aliphatic heterocycles. The van der Waals surface area contributed by atoms with E-state index in [0.717, 1.165) is 16.0 Å². The van der Waals surface area contributed by atoms with Crippen molar-refractivity contribution in [3.8, 4) is 11.5 Å². The number of nitrogens with one attached hydrogen (secondary N) is 2. The molecule has 1 aromatic heterocycles. The van der Waals surface area contributed by atoms with Gasteiger partial charge in [-0.05, 0) is 53.8 Å². The minimum atomic E-state index is -0.384. The van der Waals surface area contributed by atoms with Crippen molar-refractivity contribution in [1.29, 1.82) is 0 Å². The highest BCUT2D eigenvalue weighted by molar-refractivity contribution is 7.10. The van der Waals surface area contributed by atoms with Crippen molar-refractivity contribution in [2.45, 2.75) is 13.5 Å². The number of aryl methyl sites for hydroxylation is 1. The van der Waals surface area contributed by atoms with Gasteiger partial charge < -0.3 is 20.1 Å². The third-order valence-electron chi connectivity index (χ3n) is 4.61. The van der Waals surface area contributed by atoms with Gasteiger partial charge in [-0.25, -0.2) is 0 Å². The molecule has 0 bridgehead atoms. The van der Waals surface area contributed by atoms with E-state index in [1.807, 2.05) is 42.6 Å². The zero-order valence-corrected chi connectivity index (χ0v) is 18.4. The first-order valence-electron chi connectivity index (χ1n) is 9.63. The second kappa shape index (κ2) is 10.4. The smallest absolute Gasteiger partial charge is 0.268 e. The summed E-state index contributed by atoms with van der Waals surface area (Å²) in [4.78, 5) is 26.6. The molecular weight excluding hydrogens is 412 g/mol. The Kier molecular flexibility index (Phi) is 7.45. The molecule has 2 amide bonds. The minimum Gasteiger partial charge on any atom is -0.493 e. The standard InChI is InChI=1S/C24H24N2O4S/c1-16-7-4-5-9-19(16)23(27)26-20(14-18-8-6-12-31-18)24(28)25-15-17-10-11-21(29-2)22(13-17)30-3/h4-14H,15H2,1-3H3,(H,25,28)(H,26,27)/b20-14-. The number of rotatable bonds is 8. The van der Waals surface area contributed by atoms with Gasteiger partial charge in [0.1, 0.15) is 5.70 Å². The fraction of sp³-hybridized carbons (Fsp3) is 0.167. The predicted molar refractivity (Wildman–Crippen MR) is 122 cm³/mol. The van der Waals surface area contributed by atoms with Crippen LogP contribution < -0.4 is 20.1 Å². The molecule has 7 heteroatoms. The Balaban J connectivity index is 1.77. The molecule has 0 aliphatic rings. The van der Waals surface area contributed by atoms with Crippen LogP contribution in [0.2, 0.25) is 0 Å². The quantitative estimate of drug-likeness (QED) is 0.520. The highest BCUT2D eigenvalue weighted by Crippen LogP contribution is 2.27. The van der Waals surface area contributed by atoms with E-state index in [-0.39, 0.29) is 24.1 Å². The number of amides is 2. The van der Waals surface area contributed by atoms with Crippen molar-refractivity contribution in [3.05, 3.63) is 87.2 Å². The summed E-state index contributed by atoms with van der Waals surface area (Å²) in [7, 11) is 3.13. The zero-order chi connectivity index (χ0) is 22.2. The second-order valence-electron chi connectivity index (χ2n) is 6.71. The summed E-state index contributed by atoms with van der Waals surface area (Å²) in [6.45, 7) is 2.12. The first kappa shape index (κ1) is 22.1. The van der Waals surface area contributed by atoms with Gasteiger partial charge in [0.05, 0.1) is 14.2 Å². The van der Waals surface area contributed by atoms with Crippen molar-refractivity contribution < 1.29 is 19.1 Å². The molecule has 3 aromatic rings. The number of thiophene rings is 1. The fourth-order valence-electron chi connectivity index (χ4n) is 2.96. The van der Waals surface area contributed by atoms with E-state index >= 15 is 0 Å². The summed E-state index contributed by atoms with van der Waals surface area (Å²) < 4.78 is 10.6. The molecular formula is C24H24N2O4S. The SMILES string of the molecule is COc1ccc(CNC(=O)/C(=C/c2cccs2)NC(=O)c2ccccc2C)cc1OC. The van der Waals surface area contributed by atoms with Gasteiger partial charge >= 0.3 is 0 Å². The van der Waals surface area contributed by atoms with Crippen molar-refractivity contribution in [2.24, 2.45) is 0 Å². The Morgan fingerprint density at radius 1 is 1.00 bits per heavy atom. The number of carbonyl (C=O) groups excluding carboxylic acids is 2. The molecule has 6 nitrogen and oxygen atoms in total. The molecule has 0 radical (unpaired) electrons. The van der Waals surface area contributed by atoms with Gasteiger partial charge in [0.25, 0.3) is 11.8 Å². The lowest BCUT2D eigenvalue weighted by Crippen LogP contribution is -2.34. The summed E-state index contributed by atoms with van der Waals surface area (Å²) in [5.74, 6) is 0.477. The average Bonchev–Trinajstić information content (AvgIpc) is 3.30. The summed E-state index contributed by atoms with van der Waals surface area (Å²) in [5, 5.41) is 7.53. The number of methoxy groups -OCH3 is 2. The Morgan fingerprint density at radius 3 is 2.45 bits per heavy atom. The van der Waals surface area contributed by atoms with Crippen molar-refractivity contribution in [2.75, 3.05) is 14.2 Å². The molecule has 160 valence electrons. The highest BCUT2D eigenvalue weighted by Gasteiger charge is 2.16. The van der Waals surface area contributed by atoms with Crippen LogP contribution in [-0.4, -0.2) is 26.0 Å². The second-order valence-corrected chi connectivity index (χ2v) is 7.69. The van der Waals surface area contributed by atoms with Gasteiger partial charge in [-0.3, -0.25) is 9.59 Å². The molecule has 2 aromatic carbocycles. The van der Waals surface area contributed by atoms with Crippen molar-refractivity contribution in [1.82, 2.24) is 10.6 Å². The largest absolute Gasteiger partial charge is 0.493 e. The summed E-state index contributed by atoms with van der Waals surface area (Å²) in [5.41, 5.74) is 2.37. The van der Waals surface area contributed by atoms with Gasteiger partial charge in [0.15, 0.2) is 11.5 Å². The van der Waals surface area contributed by atoms with Crippen LogP contribution in [0.15, 0.2) is 65.7 Å². The molecule has 0 fully saturated rings. The van der Waals surface area contributed by atoms with Crippen LogP contribution in [0.4, 0.5) is 0 Å². The van der Waals surface area contributed by atoms with Crippen LogP contribution in [0.25, 0.3) is 6.08 Å². The molecule has 0 aliphatic carbocycles. The van der Waals surface area contributed by atoms with E-state index in [0.29, 0.717) is 17.1 Å². The maximum absolute atomic E-state index is 12.9. The van der Waals surface area contributed by atoms with Gasteiger partial charge in [0.2, 0.25) is 0 Å². The van der Waals surface area contributed by atoms with Gasteiger partial charge in [-0.1, -0.05) is 30.3 Å². The Morgan fingerprint density at radius 2 is 1.77 bits per heavy atom. The van der Waals surface area contributed by atoms with E-state index in [1.54, 1.807) is 44.6 Å². The van der Waals surface area contributed by atoms with Crippen LogP contribution in [0.1, 0.15) is 26.4 Å². The average molecular weight is 437 g/mol. The molecule has 31 heavy (non-hydrogen) atoms. The molecule has 0 atom stereocenters. The van der Waals surface area contributed by atoms with Crippen molar-refractivity contribution >= 4 is 29.2 Å². The first-order valence-corrected chi connectivity index (χ1v) is 10.5. The number of hydrogen-bond acceptors (Lipinski definition) is 5. The maximum Gasteiger partial charge on any atom is 0.268 e. The van der Waals surface area contributed by atoms with E-state index in [9.17, 15) is 9.59 Å². The van der Waals surface area contributed by atoms with Crippen molar-refractivity contribution in [3.63, 3.8) is 0 Å². The number of carbonyl (C=O) groups is 2. The molecule has 2 N–H and O–H groups in total. The molecule has 0 saturated heterocycles. The molecule has 0 saturated carbocycles. The summed E-state index contributed by atoms with van der Waals surface area (Å²) >= 11 is 1.48. The Bertz CT molecular complexity index is 1090. The molecule has 0 spiro atoms. The first-order chi connectivity index (χ1) is 15.0. The third-order valence-corrected chi connectivity index (χ3v) is 5.43. The van der Waals surface area contributed by atoms with Gasteiger partial charge in [-0.15, -0.1) is 11.3 Å². The third kappa shape index (κ3) is 5.73. The molecule has 0 unspecified atom stereocenters. The summed E-state index contributed by atoms with van der Waals surface area (Å²) in [6.07, 6.45) is 1.67. The lowest BCUT2D eigenvalue weighted by Gasteiger charge is -2.13. The van der Waals surface area contributed by atoms with E-state index in [4.69, 9.17) is 9.47 Å². The molecule has 1 heterocycles. The Hall–Kier alpha value is -3.58. The lowest BCUT2D eigenvalue weighted by atomic mass is 10.1. The highest BCUT2D eigenvalue weighted by atomic mass is 32.1. The number of benzene rings is 2. The van der Waals surface area contributed by atoms with Crippen LogP contribution in [0, 0.1) is 6.92 Å². The normalized spacial score (nSPS) is 11.0. The topological polar surface area (TPSA) is 76.7 Å². The number of ether oxygens (including phenoxy) is 2. The van der Waals surface area contributed by atoms with Gasteiger partial charge in [0, 0.05) is 17.0 Å². The van der Waals surface area contributed by atoms with Gasteiger partial charge in [-0.2, -0.15) is 0 Å². The fourth-order valence-corrected chi connectivity index (χ4v) is 3.62. The molecule has 3 rings (SSSR count). The Labute approximate surface area is 185 Å². The number of hydrogen-bond donors (Lipinski definition) is 2. The van der Waals surface area contributed by atoms with Crippen LogP contribution in [0.5, 0.6) is 11.5 Å². The van der Waals surface area contributed by atoms with Crippen LogP contribution >= 0.6 is 11.3 Å². The maximum atomic E-state index is 12.9. The minimum absolute atomic E-state index is 0.177. The zero-order valence-electron chi connectivity index (χ0n) is 17.6. The van der Waals surface area contributed by atoms with E-state index in [1.165, 1.54) is 11.3 Å².